The molecule has 1 N–H and O–H groups in total. The molecule has 1 saturated carbocycles. The van der Waals surface area contributed by atoms with Crippen LogP contribution in [0.5, 0.6) is 0 Å². The molecule has 18 heavy (non-hydrogen) atoms. The molecule has 0 bridgehead atoms. The van der Waals surface area contributed by atoms with Gasteiger partial charge < -0.3 is 10.1 Å². The summed E-state index contributed by atoms with van der Waals surface area (Å²) in [5, 5.41) is 5.59. The summed E-state index contributed by atoms with van der Waals surface area (Å²) in [6.07, 6.45) is 5.77. The molecule has 1 atom stereocenters. The molecule has 1 heterocycles. The lowest BCUT2D eigenvalue weighted by atomic mass is 10.1. The molecule has 2 rings (SSSR count). The predicted molar refractivity (Wildman–Crippen MR) is 73.7 cm³/mol. The van der Waals surface area contributed by atoms with Crippen LogP contribution < -0.4 is 5.32 Å². The van der Waals surface area contributed by atoms with Crippen LogP contribution in [0.15, 0.2) is 17.5 Å². The maximum Gasteiger partial charge on any atom is 0.307 e. The van der Waals surface area contributed by atoms with Gasteiger partial charge >= 0.3 is 5.97 Å². The normalized spacial score (nSPS) is 17.8. The van der Waals surface area contributed by atoms with Crippen molar-refractivity contribution in [3.05, 3.63) is 22.4 Å². The summed E-state index contributed by atoms with van der Waals surface area (Å²) in [6.45, 7) is 1.01. The quantitative estimate of drug-likeness (QED) is 0.805. The molecule has 0 aromatic carbocycles. The third-order valence-electron chi connectivity index (χ3n) is 3.61. The van der Waals surface area contributed by atoms with E-state index in [1.165, 1.54) is 37.7 Å². The Labute approximate surface area is 113 Å². The van der Waals surface area contributed by atoms with Crippen LogP contribution in [-0.2, 0) is 9.53 Å². The molecule has 4 heteroatoms. The van der Waals surface area contributed by atoms with Crippen LogP contribution >= 0.6 is 11.3 Å². The van der Waals surface area contributed by atoms with Crippen LogP contribution in [0.1, 0.15) is 43.0 Å². The van der Waals surface area contributed by atoms with E-state index in [1.54, 1.807) is 11.3 Å². The van der Waals surface area contributed by atoms with Gasteiger partial charge in [0.15, 0.2) is 0 Å². The van der Waals surface area contributed by atoms with E-state index in [0.29, 0.717) is 6.42 Å². The molecular weight excluding hydrogens is 246 g/mol. The fourth-order valence-electron chi connectivity index (χ4n) is 2.54. The average molecular weight is 267 g/mol. The van der Waals surface area contributed by atoms with Crippen LogP contribution in [0.25, 0.3) is 0 Å². The van der Waals surface area contributed by atoms with Crippen molar-refractivity contribution in [1.82, 2.24) is 5.32 Å². The second kappa shape index (κ2) is 6.90. The summed E-state index contributed by atoms with van der Waals surface area (Å²) in [4.78, 5) is 12.7. The lowest BCUT2D eigenvalue weighted by molar-refractivity contribution is -0.141. The van der Waals surface area contributed by atoms with Gasteiger partial charge in [0, 0.05) is 4.88 Å². The highest BCUT2D eigenvalue weighted by Crippen LogP contribution is 2.27. The molecule has 1 fully saturated rings. The van der Waals surface area contributed by atoms with Gasteiger partial charge in [0.25, 0.3) is 0 Å². The zero-order valence-electron chi connectivity index (χ0n) is 10.9. The van der Waals surface area contributed by atoms with Crippen LogP contribution in [-0.4, -0.2) is 19.6 Å². The summed E-state index contributed by atoms with van der Waals surface area (Å²) in [7, 11) is 1.45. The highest BCUT2D eigenvalue weighted by Gasteiger charge is 2.20. The third kappa shape index (κ3) is 3.82. The maximum atomic E-state index is 11.5. The van der Waals surface area contributed by atoms with Crippen LogP contribution in [0.4, 0.5) is 0 Å². The van der Waals surface area contributed by atoms with E-state index in [2.05, 4.69) is 16.8 Å². The molecule has 0 amide bonds. The Morgan fingerprint density at radius 1 is 1.56 bits per heavy atom. The van der Waals surface area contributed by atoms with Crippen LogP contribution in [0, 0.1) is 5.92 Å². The lowest BCUT2D eigenvalue weighted by Gasteiger charge is -2.19. The molecule has 1 aliphatic carbocycles. The monoisotopic (exact) mass is 267 g/mol. The third-order valence-corrected chi connectivity index (χ3v) is 4.60. The molecular formula is C14H21NO2S. The van der Waals surface area contributed by atoms with Crippen molar-refractivity contribution in [1.29, 1.82) is 0 Å². The molecule has 0 aliphatic heterocycles. The predicted octanol–water partition coefficient (Wildman–Crippen LogP) is 3.13. The van der Waals surface area contributed by atoms with Gasteiger partial charge in [0.2, 0.25) is 0 Å². The first kappa shape index (κ1) is 13.6. The fraction of sp³-hybridized carbons (Fsp3) is 0.643. The number of carbonyl (C=O) groups excluding carboxylic acids is 1. The van der Waals surface area contributed by atoms with Gasteiger partial charge in [0.1, 0.15) is 0 Å². The number of thiophene rings is 1. The van der Waals surface area contributed by atoms with E-state index >= 15 is 0 Å². The number of esters is 1. The maximum absolute atomic E-state index is 11.5. The largest absolute Gasteiger partial charge is 0.469 e. The van der Waals surface area contributed by atoms with E-state index in [1.807, 2.05) is 6.07 Å². The molecule has 0 radical (unpaired) electrons. The zero-order chi connectivity index (χ0) is 12.8. The molecule has 1 aliphatic rings. The van der Waals surface area contributed by atoms with Crippen LogP contribution in [0.3, 0.4) is 0 Å². The Balaban J connectivity index is 1.89. The summed E-state index contributed by atoms with van der Waals surface area (Å²) in [5.74, 6) is 0.637. The zero-order valence-corrected chi connectivity index (χ0v) is 11.7. The molecule has 0 saturated heterocycles. The van der Waals surface area contributed by atoms with Crippen molar-refractivity contribution in [2.24, 2.45) is 5.92 Å². The number of carbonyl (C=O) groups is 1. The first-order valence-electron chi connectivity index (χ1n) is 6.63. The number of rotatable bonds is 6. The topological polar surface area (TPSA) is 38.3 Å². The van der Waals surface area contributed by atoms with Gasteiger partial charge in [-0.05, 0) is 36.8 Å². The minimum atomic E-state index is -0.146. The van der Waals surface area contributed by atoms with Gasteiger partial charge in [-0.3, -0.25) is 4.79 Å². The van der Waals surface area contributed by atoms with Crippen molar-refractivity contribution < 1.29 is 9.53 Å². The summed E-state index contributed by atoms with van der Waals surface area (Å²) < 4.78 is 4.78. The minimum Gasteiger partial charge on any atom is -0.469 e. The fourth-order valence-corrected chi connectivity index (χ4v) is 3.34. The van der Waals surface area contributed by atoms with E-state index in [9.17, 15) is 4.79 Å². The Hall–Kier alpha value is -0.870. The van der Waals surface area contributed by atoms with Crippen molar-refractivity contribution >= 4 is 17.3 Å². The molecule has 1 aromatic rings. The van der Waals surface area contributed by atoms with Gasteiger partial charge in [-0.1, -0.05) is 18.9 Å². The SMILES string of the molecule is COC(=O)CC(NCC1CCCC1)c1cccs1. The molecule has 1 unspecified atom stereocenters. The number of methoxy groups -OCH3 is 1. The molecule has 3 nitrogen and oxygen atoms in total. The second-order valence-electron chi connectivity index (χ2n) is 4.91. The van der Waals surface area contributed by atoms with Gasteiger partial charge in [-0.15, -0.1) is 11.3 Å². The number of nitrogens with one attached hydrogen (secondary N) is 1. The minimum absolute atomic E-state index is 0.109. The van der Waals surface area contributed by atoms with Crippen LogP contribution in [0.2, 0.25) is 0 Å². The number of hydrogen-bond acceptors (Lipinski definition) is 4. The van der Waals surface area contributed by atoms with Crippen molar-refractivity contribution in [2.45, 2.75) is 38.1 Å². The Bertz CT molecular complexity index is 358. The summed E-state index contributed by atoms with van der Waals surface area (Å²) >= 11 is 1.70. The Morgan fingerprint density at radius 3 is 2.94 bits per heavy atom. The summed E-state index contributed by atoms with van der Waals surface area (Å²) in [5.41, 5.74) is 0. The number of ether oxygens (including phenoxy) is 1. The lowest BCUT2D eigenvalue weighted by Crippen LogP contribution is -2.28. The van der Waals surface area contributed by atoms with E-state index in [-0.39, 0.29) is 12.0 Å². The Morgan fingerprint density at radius 2 is 2.33 bits per heavy atom. The van der Waals surface area contributed by atoms with E-state index in [4.69, 9.17) is 4.74 Å². The molecule has 1 aromatic heterocycles. The van der Waals surface area contributed by atoms with Gasteiger partial charge in [0.05, 0.1) is 19.6 Å². The van der Waals surface area contributed by atoms with E-state index < -0.39 is 0 Å². The first-order valence-corrected chi connectivity index (χ1v) is 7.51. The van der Waals surface area contributed by atoms with Gasteiger partial charge in [-0.2, -0.15) is 0 Å². The molecule has 100 valence electrons. The molecule has 0 spiro atoms. The van der Waals surface area contributed by atoms with Crippen molar-refractivity contribution in [2.75, 3.05) is 13.7 Å². The van der Waals surface area contributed by atoms with Crippen molar-refractivity contribution in [3.63, 3.8) is 0 Å². The second-order valence-corrected chi connectivity index (χ2v) is 5.89. The first-order chi connectivity index (χ1) is 8.79. The standard InChI is InChI=1S/C14H21NO2S/c1-17-14(16)9-12(13-7-4-8-18-13)15-10-11-5-2-3-6-11/h4,7-8,11-12,15H,2-3,5-6,9-10H2,1H3. The number of hydrogen-bond donors (Lipinski definition) is 1. The van der Waals surface area contributed by atoms with Gasteiger partial charge in [-0.25, -0.2) is 0 Å². The Kier molecular flexibility index (Phi) is 5.20. The highest BCUT2D eigenvalue weighted by atomic mass is 32.1. The highest BCUT2D eigenvalue weighted by molar-refractivity contribution is 7.10. The average Bonchev–Trinajstić information content (AvgIpc) is 3.06. The smallest absolute Gasteiger partial charge is 0.307 e. The summed E-state index contributed by atoms with van der Waals surface area (Å²) in [6, 6.07) is 4.22. The van der Waals surface area contributed by atoms with Crippen molar-refractivity contribution in [3.8, 4) is 0 Å². The van der Waals surface area contributed by atoms with E-state index in [0.717, 1.165) is 12.5 Å².